The van der Waals surface area contributed by atoms with E-state index in [4.69, 9.17) is 0 Å². The maximum absolute atomic E-state index is 13.1. The number of benzene rings is 1. The van der Waals surface area contributed by atoms with Crippen molar-refractivity contribution in [1.82, 2.24) is 0 Å². The van der Waals surface area contributed by atoms with Gasteiger partial charge >= 0.3 is 0 Å². The quantitative estimate of drug-likeness (QED) is 0.699. The van der Waals surface area contributed by atoms with Gasteiger partial charge in [0.15, 0.2) is 5.78 Å². The van der Waals surface area contributed by atoms with Gasteiger partial charge in [-0.05, 0) is 55.4 Å². The van der Waals surface area contributed by atoms with E-state index >= 15 is 0 Å². The van der Waals surface area contributed by atoms with Gasteiger partial charge in [0.2, 0.25) is 0 Å². The van der Waals surface area contributed by atoms with Crippen LogP contribution in [-0.4, -0.2) is 5.78 Å². The molecule has 0 N–H and O–H groups in total. The number of carbonyl (C=O) groups is 1. The van der Waals surface area contributed by atoms with Gasteiger partial charge in [0.1, 0.15) is 5.82 Å². The van der Waals surface area contributed by atoms with Gasteiger partial charge in [0.25, 0.3) is 0 Å². The van der Waals surface area contributed by atoms with Crippen LogP contribution in [0.1, 0.15) is 63.4 Å². The molecule has 1 atom stereocenters. The Morgan fingerprint density at radius 1 is 1.20 bits per heavy atom. The molecule has 0 saturated heterocycles. The van der Waals surface area contributed by atoms with Gasteiger partial charge in [-0.1, -0.05) is 37.5 Å². The fourth-order valence-corrected chi connectivity index (χ4v) is 2.91. The molecule has 0 unspecified atom stereocenters. The molecular formula is C18H23FO. The Kier molecular flexibility index (Phi) is 5.51. The zero-order valence-corrected chi connectivity index (χ0v) is 12.2. The van der Waals surface area contributed by atoms with Crippen molar-refractivity contribution < 1.29 is 9.18 Å². The Balaban J connectivity index is 2.10. The average molecular weight is 274 g/mol. The first-order chi connectivity index (χ1) is 9.69. The van der Waals surface area contributed by atoms with E-state index in [1.165, 1.54) is 29.7 Å². The summed E-state index contributed by atoms with van der Waals surface area (Å²) in [5, 5.41) is 0. The summed E-state index contributed by atoms with van der Waals surface area (Å²) in [4.78, 5) is 11.5. The van der Waals surface area contributed by atoms with Crippen molar-refractivity contribution in [2.75, 3.05) is 0 Å². The highest BCUT2D eigenvalue weighted by Crippen LogP contribution is 2.32. The fourth-order valence-electron chi connectivity index (χ4n) is 2.91. The van der Waals surface area contributed by atoms with Crippen LogP contribution in [-0.2, 0) is 4.79 Å². The lowest BCUT2D eigenvalue weighted by atomic mass is 9.84. The minimum Gasteiger partial charge on any atom is -0.295 e. The lowest BCUT2D eigenvalue weighted by Crippen LogP contribution is -2.07. The number of hydrogen-bond donors (Lipinski definition) is 0. The molecular weight excluding hydrogens is 251 g/mol. The predicted molar refractivity (Wildman–Crippen MR) is 80.2 cm³/mol. The number of ketones is 1. The Labute approximate surface area is 120 Å². The maximum Gasteiger partial charge on any atom is 0.155 e. The highest BCUT2D eigenvalue weighted by atomic mass is 19.1. The molecule has 1 aromatic rings. The molecule has 108 valence electrons. The van der Waals surface area contributed by atoms with Crippen LogP contribution in [0.15, 0.2) is 35.9 Å². The summed E-state index contributed by atoms with van der Waals surface area (Å²) >= 11 is 0. The number of allylic oxidation sites excluding steroid dienone is 2. The van der Waals surface area contributed by atoms with Crippen LogP contribution in [0, 0.1) is 5.82 Å². The van der Waals surface area contributed by atoms with Crippen LogP contribution >= 0.6 is 0 Å². The molecule has 0 aromatic heterocycles. The Bertz CT molecular complexity index is 473. The molecule has 2 rings (SSSR count). The highest BCUT2D eigenvalue weighted by Gasteiger charge is 2.17. The summed E-state index contributed by atoms with van der Waals surface area (Å²) in [5.41, 5.74) is 2.46. The van der Waals surface area contributed by atoms with Crippen LogP contribution in [0.5, 0.6) is 0 Å². The van der Waals surface area contributed by atoms with Crippen molar-refractivity contribution in [3.63, 3.8) is 0 Å². The summed E-state index contributed by atoms with van der Waals surface area (Å²) in [7, 11) is 0. The molecule has 1 aromatic carbocycles. The van der Waals surface area contributed by atoms with Crippen LogP contribution in [0.2, 0.25) is 0 Å². The lowest BCUT2D eigenvalue weighted by molar-refractivity contribution is -0.115. The zero-order chi connectivity index (χ0) is 14.4. The van der Waals surface area contributed by atoms with Gasteiger partial charge in [0, 0.05) is 6.42 Å². The van der Waals surface area contributed by atoms with Gasteiger partial charge in [-0.2, -0.15) is 0 Å². The molecule has 0 radical (unpaired) electrons. The number of rotatable bonds is 6. The molecule has 1 nitrogen and oxygen atoms in total. The Morgan fingerprint density at radius 2 is 1.95 bits per heavy atom. The number of halogens is 1. The largest absolute Gasteiger partial charge is 0.295 e. The van der Waals surface area contributed by atoms with E-state index in [1.54, 1.807) is 0 Å². The van der Waals surface area contributed by atoms with Crippen LogP contribution < -0.4 is 0 Å². The second kappa shape index (κ2) is 7.37. The first-order valence-electron chi connectivity index (χ1n) is 7.66. The Morgan fingerprint density at radius 3 is 2.60 bits per heavy atom. The van der Waals surface area contributed by atoms with E-state index in [2.05, 4.69) is 6.92 Å². The van der Waals surface area contributed by atoms with Crippen molar-refractivity contribution in [2.45, 2.75) is 57.8 Å². The van der Waals surface area contributed by atoms with E-state index in [0.29, 0.717) is 12.3 Å². The van der Waals surface area contributed by atoms with Crippen LogP contribution in [0.25, 0.3) is 0 Å². The minimum atomic E-state index is -0.185. The van der Waals surface area contributed by atoms with E-state index < -0.39 is 0 Å². The normalized spacial score (nSPS) is 16.9. The standard InChI is InChI=1S/C18H23FO/c1-2-3-6-16(15-8-10-17(19)11-9-15)12-14-5-4-7-18(20)13-14/h8-11,13,16H,2-7,12H2,1H3/t16-/m1/s1. The second-order valence-corrected chi connectivity index (χ2v) is 5.72. The molecule has 0 bridgehead atoms. The summed E-state index contributed by atoms with van der Waals surface area (Å²) in [6.07, 6.45) is 8.93. The third-order valence-electron chi connectivity index (χ3n) is 4.04. The van der Waals surface area contributed by atoms with Crippen molar-refractivity contribution in [2.24, 2.45) is 0 Å². The molecule has 0 heterocycles. The molecule has 1 aliphatic rings. The SMILES string of the molecule is CCCC[C@H](CC1=CC(=O)CCC1)c1ccc(F)cc1. The van der Waals surface area contributed by atoms with Crippen LogP contribution in [0.4, 0.5) is 4.39 Å². The molecule has 0 spiro atoms. The van der Waals surface area contributed by atoms with Gasteiger partial charge in [-0.15, -0.1) is 0 Å². The fraction of sp³-hybridized carbons (Fsp3) is 0.500. The van der Waals surface area contributed by atoms with Gasteiger partial charge in [0.05, 0.1) is 0 Å². The number of unbranched alkanes of at least 4 members (excludes halogenated alkanes) is 1. The van der Waals surface area contributed by atoms with Crippen molar-refractivity contribution in [3.05, 3.63) is 47.3 Å². The van der Waals surface area contributed by atoms with Gasteiger partial charge in [-0.25, -0.2) is 4.39 Å². The molecule has 2 heteroatoms. The third kappa shape index (κ3) is 4.29. The van der Waals surface area contributed by atoms with Crippen molar-refractivity contribution >= 4 is 5.78 Å². The number of carbonyl (C=O) groups excluding carboxylic acids is 1. The monoisotopic (exact) mass is 274 g/mol. The molecule has 0 fully saturated rings. The van der Waals surface area contributed by atoms with Crippen LogP contribution in [0.3, 0.4) is 0 Å². The second-order valence-electron chi connectivity index (χ2n) is 5.72. The maximum atomic E-state index is 13.1. The lowest BCUT2D eigenvalue weighted by Gasteiger charge is -2.21. The smallest absolute Gasteiger partial charge is 0.155 e. The molecule has 0 aliphatic heterocycles. The summed E-state index contributed by atoms with van der Waals surface area (Å²) in [5.74, 6) is 0.488. The minimum absolute atomic E-state index is 0.185. The van der Waals surface area contributed by atoms with Gasteiger partial charge in [-0.3, -0.25) is 4.79 Å². The Hall–Kier alpha value is -1.44. The average Bonchev–Trinajstić information content (AvgIpc) is 2.44. The number of hydrogen-bond acceptors (Lipinski definition) is 1. The third-order valence-corrected chi connectivity index (χ3v) is 4.04. The predicted octanol–water partition coefficient (Wildman–Crippen LogP) is 5.17. The molecule has 20 heavy (non-hydrogen) atoms. The molecule has 0 amide bonds. The van der Waals surface area contributed by atoms with E-state index in [-0.39, 0.29) is 11.6 Å². The van der Waals surface area contributed by atoms with Gasteiger partial charge < -0.3 is 0 Å². The summed E-state index contributed by atoms with van der Waals surface area (Å²) in [6.45, 7) is 2.19. The first kappa shape index (κ1) is 15.0. The topological polar surface area (TPSA) is 17.1 Å². The zero-order valence-electron chi connectivity index (χ0n) is 12.2. The van der Waals surface area contributed by atoms with E-state index in [1.807, 2.05) is 18.2 Å². The summed E-state index contributed by atoms with van der Waals surface area (Å²) < 4.78 is 13.1. The van der Waals surface area contributed by atoms with Crippen molar-refractivity contribution in [1.29, 1.82) is 0 Å². The van der Waals surface area contributed by atoms with Crippen molar-refractivity contribution in [3.8, 4) is 0 Å². The van der Waals surface area contributed by atoms with E-state index in [0.717, 1.165) is 32.1 Å². The highest BCUT2D eigenvalue weighted by molar-refractivity contribution is 5.91. The molecule has 1 aliphatic carbocycles. The van der Waals surface area contributed by atoms with E-state index in [9.17, 15) is 9.18 Å². The molecule has 0 saturated carbocycles. The summed E-state index contributed by atoms with van der Waals surface area (Å²) in [6, 6.07) is 6.85. The first-order valence-corrected chi connectivity index (χ1v) is 7.66.